The Morgan fingerprint density at radius 2 is 2.08 bits per heavy atom. The molecule has 6 heteroatoms. The first-order chi connectivity index (χ1) is 12.2. The summed E-state index contributed by atoms with van der Waals surface area (Å²) >= 11 is 1.75. The molecule has 2 aliphatic heterocycles. The Bertz CT molecular complexity index is 757. The second-order valence-electron chi connectivity index (χ2n) is 6.61. The molecule has 1 atom stereocenters. The molecular formula is C19H22FN3OS. The van der Waals surface area contributed by atoms with Gasteiger partial charge in [-0.1, -0.05) is 12.1 Å². The Kier molecular flexibility index (Phi) is 4.83. The van der Waals surface area contributed by atoms with E-state index in [1.807, 2.05) is 11.0 Å². The zero-order valence-electron chi connectivity index (χ0n) is 14.1. The Labute approximate surface area is 151 Å². The summed E-state index contributed by atoms with van der Waals surface area (Å²) < 4.78 is 13.8. The molecule has 1 fully saturated rings. The standard InChI is InChI=1S/C19H22FN3OS/c20-15-3-1-2-14(12-15)19-16-5-11-25-17(16)4-8-23(19)13-18(24)22-9-6-21-7-10-22/h1-3,5,11-12,19,21H,4,6-10,13H2/t19-/m1/s1. The predicted octanol–water partition coefficient (Wildman–Crippen LogP) is 2.27. The van der Waals surface area contributed by atoms with Crippen LogP contribution in [0.2, 0.25) is 0 Å². The van der Waals surface area contributed by atoms with Crippen molar-refractivity contribution in [2.24, 2.45) is 0 Å². The van der Waals surface area contributed by atoms with Gasteiger partial charge in [0.2, 0.25) is 5.91 Å². The van der Waals surface area contributed by atoms with Gasteiger partial charge in [-0.25, -0.2) is 4.39 Å². The molecule has 1 aromatic heterocycles. The Hall–Kier alpha value is -1.76. The van der Waals surface area contributed by atoms with E-state index >= 15 is 0 Å². The van der Waals surface area contributed by atoms with Gasteiger partial charge in [-0.15, -0.1) is 11.3 Å². The lowest BCUT2D eigenvalue weighted by Crippen LogP contribution is -2.50. The van der Waals surface area contributed by atoms with Crippen LogP contribution in [0.5, 0.6) is 0 Å². The summed E-state index contributed by atoms with van der Waals surface area (Å²) in [5.74, 6) is -0.0604. The number of carbonyl (C=O) groups excluding carboxylic acids is 1. The van der Waals surface area contributed by atoms with Gasteiger partial charge in [0.1, 0.15) is 5.82 Å². The number of rotatable bonds is 3. The highest BCUT2D eigenvalue weighted by molar-refractivity contribution is 7.10. The topological polar surface area (TPSA) is 35.6 Å². The number of halogens is 1. The lowest BCUT2D eigenvalue weighted by Gasteiger charge is -2.37. The van der Waals surface area contributed by atoms with Crippen LogP contribution in [0.1, 0.15) is 22.0 Å². The number of benzene rings is 1. The maximum absolute atomic E-state index is 13.8. The molecule has 2 aliphatic rings. The average molecular weight is 359 g/mol. The molecular weight excluding hydrogens is 337 g/mol. The maximum atomic E-state index is 13.8. The van der Waals surface area contributed by atoms with Crippen LogP contribution < -0.4 is 5.32 Å². The number of amides is 1. The normalized spacial score (nSPS) is 21.2. The summed E-state index contributed by atoms with van der Waals surface area (Å²) in [6, 6.07) is 8.86. The quantitative estimate of drug-likeness (QED) is 0.913. The van der Waals surface area contributed by atoms with Crippen molar-refractivity contribution in [2.75, 3.05) is 39.3 Å². The lowest BCUT2D eigenvalue weighted by molar-refractivity contribution is -0.133. The van der Waals surface area contributed by atoms with Crippen LogP contribution in [0.25, 0.3) is 0 Å². The van der Waals surface area contributed by atoms with Gasteiger partial charge >= 0.3 is 0 Å². The minimum absolute atomic E-state index is 0.0439. The fourth-order valence-electron chi connectivity index (χ4n) is 3.79. The average Bonchev–Trinajstić information content (AvgIpc) is 3.11. The van der Waals surface area contributed by atoms with Crippen molar-refractivity contribution in [3.63, 3.8) is 0 Å². The fourth-order valence-corrected chi connectivity index (χ4v) is 4.70. The summed E-state index contributed by atoms with van der Waals surface area (Å²) in [6.07, 6.45) is 0.952. The summed E-state index contributed by atoms with van der Waals surface area (Å²) in [4.78, 5) is 18.2. The van der Waals surface area contributed by atoms with E-state index in [0.717, 1.165) is 44.7 Å². The molecule has 4 rings (SSSR count). The highest BCUT2D eigenvalue weighted by atomic mass is 32.1. The van der Waals surface area contributed by atoms with Crippen LogP contribution in [0.3, 0.4) is 0 Å². The molecule has 0 bridgehead atoms. The molecule has 1 saturated heterocycles. The van der Waals surface area contributed by atoms with E-state index < -0.39 is 0 Å². The van der Waals surface area contributed by atoms with E-state index in [0.29, 0.717) is 6.54 Å². The summed E-state index contributed by atoms with van der Waals surface area (Å²) in [7, 11) is 0. The van der Waals surface area contributed by atoms with Crippen LogP contribution >= 0.6 is 11.3 Å². The second kappa shape index (κ2) is 7.23. The first-order valence-electron chi connectivity index (χ1n) is 8.76. The van der Waals surface area contributed by atoms with E-state index in [1.54, 1.807) is 23.5 Å². The molecule has 0 aliphatic carbocycles. The van der Waals surface area contributed by atoms with Crippen molar-refractivity contribution in [3.8, 4) is 0 Å². The zero-order chi connectivity index (χ0) is 17.2. The van der Waals surface area contributed by atoms with Crippen LogP contribution in [-0.2, 0) is 11.2 Å². The molecule has 0 unspecified atom stereocenters. The molecule has 0 spiro atoms. The van der Waals surface area contributed by atoms with E-state index in [9.17, 15) is 9.18 Å². The molecule has 0 saturated carbocycles. The Balaban J connectivity index is 1.60. The minimum Gasteiger partial charge on any atom is -0.339 e. The molecule has 25 heavy (non-hydrogen) atoms. The van der Waals surface area contributed by atoms with Gasteiger partial charge in [0.05, 0.1) is 12.6 Å². The van der Waals surface area contributed by atoms with E-state index in [4.69, 9.17) is 0 Å². The van der Waals surface area contributed by atoms with E-state index in [2.05, 4.69) is 21.7 Å². The molecule has 1 aromatic carbocycles. The Morgan fingerprint density at radius 1 is 1.24 bits per heavy atom. The molecule has 0 radical (unpaired) electrons. The number of nitrogens with zero attached hydrogens (tertiary/aromatic N) is 2. The van der Waals surface area contributed by atoms with Gasteiger partial charge in [-0.05, 0) is 41.1 Å². The number of hydrogen-bond donors (Lipinski definition) is 1. The number of hydrogen-bond acceptors (Lipinski definition) is 4. The zero-order valence-corrected chi connectivity index (χ0v) is 14.9. The van der Waals surface area contributed by atoms with Crippen LogP contribution in [-0.4, -0.2) is 55.0 Å². The lowest BCUT2D eigenvalue weighted by atomic mass is 9.93. The monoisotopic (exact) mass is 359 g/mol. The molecule has 4 nitrogen and oxygen atoms in total. The van der Waals surface area contributed by atoms with E-state index in [-0.39, 0.29) is 17.8 Å². The first-order valence-corrected chi connectivity index (χ1v) is 9.64. The SMILES string of the molecule is O=C(CN1CCc2sccc2[C@H]1c1cccc(F)c1)N1CCNCC1. The summed E-state index contributed by atoms with van der Waals surface area (Å²) in [5.41, 5.74) is 2.14. The van der Waals surface area contributed by atoms with Crippen LogP contribution in [0, 0.1) is 5.82 Å². The van der Waals surface area contributed by atoms with Crippen molar-refractivity contribution >= 4 is 17.2 Å². The molecule has 1 N–H and O–H groups in total. The van der Waals surface area contributed by atoms with Gasteiger partial charge in [-0.3, -0.25) is 9.69 Å². The second-order valence-corrected chi connectivity index (χ2v) is 7.61. The van der Waals surface area contributed by atoms with E-state index in [1.165, 1.54) is 16.5 Å². The number of fused-ring (bicyclic) bond motifs is 1. The summed E-state index contributed by atoms with van der Waals surface area (Å²) in [5, 5.41) is 5.37. The summed E-state index contributed by atoms with van der Waals surface area (Å²) in [6.45, 7) is 4.45. The molecule has 3 heterocycles. The maximum Gasteiger partial charge on any atom is 0.236 e. The van der Waals surface area contributed by atoms with Gasteiger partial charge in [-0.2, -0.15) is 0 Å². The van der Waals surface area contributed by atoms with Gasteiger partial charge in [0.25, 0.3) is 0 Å². The smallest absolute Gasteiger partial charge is 0.236 e. The molecule has 132 valence electrons. The largest absolute Gasteiger partial charge is 0.339 e. The number of carbonyl (C=O) groups is 1. The molecule has 2 aromatic rings. The van der Waals surface area contributed by atoms with Crippen molar-refractivity contribution in [2.45, 2.75) is 12.5 Å². The number of piperazine rings is 1. The van der Waals surface area contributed by atoms with Crippen molar-refractivity contribution in [1.29, 1.82) is 0 Å². The first kappa shape index (κ1) is 16.7. The Morgan fingerprint density at radius 3 is 2.88 bits per heavy atom. The van der Waals surface area contributed by atoms with Crippen molar-refractivity contribution < 1.29 is 9.18 Å². The highest BCUT2D eigenvalue weighted by Crippen LogP contribution is 2.37. The van der Waals surface area contributed by atoms with Crippen molar-refractivity contribution in [3.05, 3.63) is 57.5 Å². The van der Waals surface area contributed by atoms with Gasteiger partial charge in [0.15, 0.2) is 0 Å². The third-order valence-corrected chi connectivity index (χ3v) is 6.03. The third-order valence-electron chi connectivity index (χ3n) is 5.04. The predicted molar refractivity (Wildman–Crippen MR) is 97.3 cm³/mol. The van der Waals surface area contributed by atoms with Crippen LogP contribution in [0.4, 0.5) is 4.39 Å². The van der Waals surface area contributed by atoms with Crippen LogP contribution in [0.15, 0.2) is 35.7 Å². The number of nitrogens with one attached hydrogen (secondary N) is 1. The number of thiophene rings is 1. The van der Waals surface area contributed by atoms with Gasteiger partial charge < -0.3 is 10.2 Å². The fraction of sp³-hybridized carbons (Fsp3) is 0.421. The molecule has 1 amide bonds. The third kappa shape index (κ3) is 3.47. The highest BCUT2D eigenvalue weighted by Gasteiger charge is 2.32. The van der Waals surface area contributed by atoms with Gasteiger partial charge in [0, 0.05) is 37.6 Å². The van der Waals surface area contributed by atoms with Crippen molar-refractivity contribution in [1.82, 2.24) is 15.1 Å². The minimum atomic E-state index is -0.228.